The lowest BCUT2D eigenvalue weighted by Gasteiger charge is -2.26. The average Bonchev–Trinajstić information content (AvgIpc) is 3.13. The van der Waals surface area contributed by atoms with Crippen molar-refractivity contribution in [3.63, 3.8) is 0 Å². The minimum absolute atomic E-state index is 0.102. The van der Waals surface area contributed by atoms with Gasteiger partial charge in [-0.25, -0.2) is 0 Å². The van der Waals surface area contributed by atoms with E-state index >= 15 is 0 Å². The number of benzene rings is 3. The Kier molecular flexibility index (Phi) is 7.35. The van der Waals surface area contributed by atoms with Gasteiger partial charge in [-0.2, -0.15) is 0 Å². The molecule has 180 valence electrons. The predicted octanol–water partition coefficient (Wildman–Crippen LogP) is 6.22. The van der Waals surface area contributed by atoms with E-state index in [0.29, 0.717) is 23.8 Å². The van der Waals surface area contributed by atoms with Crippen molar-refractivity contribution in [1.82, 2.24) is 4.90 Å². The van der Waals surface area contributed by atoms with E-state index in [0.717, 1.165) is 23.1 Å². The summed E-state index contributed by atoms with van der Waals surface area (Å²) < 4.78 is 5.63. The van der Waals surface area contributed by atoms with Crippen LogP contribution in [0.3, 0.4) is 0 Å². The number of Topliss-reactive ketones (excluding diaryl/α,β-unsaturated/α-hetero) is 1. The third kappa shape index (κ3) is 5.14. The van der Waals surface area contributed by atoms with E-state index in [-0.39, 0.29) is 17.9 Å². The maximum absolute atomic E-state index is 13.3. The molecule has 35 heavy (non-hydrogen) atoms. The van der Waals surface area contributed by atoms with Gasteiger partial charge in [0.25, 0.3) is 11.7 Å². The average molecular weight is 470 g/mol. The molecule has 1 aliphatic heterocycles. The SMILES string of the molecule is CCCOc1ccc(/C(O)=C2\C(=O)C(=O)N(Cc3ccccc3)C2c2ccc(C(C)C)cc2)cc1. The van der Waals surface area contributed by atoms with Crippen LogP contribution in [0.15, 0.2) is 84.4 Å². The van der Waals surface area contributed by atoms with Gasteiger partial charge in [0.15, 0.2) is 0 Å². The second-order valence-corrected chi connectivity index (χ2v) is 9.11. The zero-order valence-electron chi connectivity index (χ0n) is 20.4. The third-order valence-corrected chi connectivity index (χ3v) is 6.26. The van der Waals surface area contributed by atoms with Crippen molar-refractivity contribution in [2.75, 3.05) is 6.61 Å². The topological polar surface area (TPSA) is 66.8 Å². The Balaban J connectivity index is 1.78. The maximum atomic E-state index is 13.3. The highest BCUT2D eigenvalue weighted by Crippen LogP contribution is 2.40. The van der Waals surface area contributed by atoms with Crippen LogP contribution >= 0.6 is 0 Å². The summed E-state index contributed by atoms with van der Waals surface area (Å²) in [6.45, 7) is 7.13. The fourth-order valence-electron chi connectivity index (χ4n) is 4.32. The van der Waals surface area contributed by atoms with Gasteiger partial charge in [-0.1, -0.05) is 75.4 Å². The number of rotatable bonds is 8. The van der Waals surface area contributed by atoms with Crippen LogP contribution in [0.4, 0.5) is 0 Å². The molecule has 3 aromatic carbocycles. The first-order valence-electron chi connectivity index (χ1n) is 12.1. The Hall–Kier alpha value is -3.86. The summed E-state index contributed by atoms with van der Waals surface area (Å²) in [7, 11) is 0. The summed E-state index contributed by atoms with van der Waals surface area (Å²) in [5.74, 6) is -0.431. The lowest BCUT2D eigenvalue weighted by atomic mass is 9.93. The van der Waals surface area contributed by atoms with Crippen LogP contribution in [0.2, 0.25) is 0 Å². The summed E-state index contributed by atoms with van der Waals surface area (Å²) in [4.78, 5) is 28.0. The molecule has 1 atom stereocenters. The number of hydrogen-bond donors (Lipinski definition) is 1. The molecule has 0 saturated carbocycles. The smallest absolute Gasteiger partial charge is 0.295 e. The quantitative estimate of drug-likeness (QED) is 0.242. The van der Waals surface area contributed by atoms with Gasteiger partial charge in [0.05, 0.1) is 18.2 Å². The summed E-state index contributed by atoms with van der Waals surface area (Å²) in [5.41, 5.74) is 3.43. The van der Waals surface area contributed by atoms with E-state index < -0.39 is 17.7 Å². The molecular weight excluding hydrogens is 438 g/mol. The molecule has 1 heterocycles. The lowest BCUT2D eigenvalue weighted by molar-refractivity contribution is -0.140. The van der Waals surface area contributed by atoms with Crippen LogP contribution < -0.4 is 4.74 Å². The fraction of sp³-hybridized carbons (Fsp3) is 0.267. The van der Waals surface area contributed by atoms with Crippen molar-refractivity contribution in [2.45, 2.75) is 45.7 Å². The summed E-state index contributed by atoms with van der Waals surface area (Å²) in [6.07, 6.45) is 0.891. The van der Waals surface area contributed by atoms with Crippen molar-refractivity contribution in [2.24, 2.45) is 0 Å². The highest BCUT2D eigenvalue weighted by Gasteiger charge is 2.46. The number of carbonyl (C=O) groups is 2. The van der Waals surface area contributed by atoms with Crippen molar-refractivity contribution < 1.29 is 19.4 Å². The molecule has 5 heteroatoms. The molecule has 1 aliphatic rings. The molecule has 1 amide bonds. The molecule has 0 spiro atoms. The molecule has 5 nitrogen and oxygen atoms in total. The fourth-order valence-corrected chi connectivity index (χ4v) is 4.32. The van der Waals surface area contributed by atoms with E-state index in [1.807, 2.05) is 61.5 Å². The standard InChI is InChI=1S/C30H31NO4/c1-4-18-35-25-16-14-24(15-17-25)28(32)26-27(23-12-10-22(11-13-23)20(2)3)31(30(34)29(26)33)19-21-8-6-5-7-9-21/h5-17,20,27,32H,4,18-19H2,1-3H3/b28-26+. The number of amides is 1. The van der Waals surface area contributed by atoms with Gasteiger partial charge in [0.2, 0.25) is 0 Å². The Morgan fingerprint density at radius 3 is 2.20 bits per heavy atom. The summed E-state index contributed by atoms with van der Waals surface area (Å²) >= 11 is 0. The highest BCUT2D eigenvalue weighted by molar-refractivity contribution is 6.46. The zero-order chi connectivity index (χ0) is 24.9. The van der Waals surface area contributed by atoms with Crippen LogP contribution in [0, 0.1) is 0 Å². The van der Waals surface area contributed by atoms with Gasteiger partial charge >= 0.3 is 0 Å². The molecule has 4 rings (SSSR count). The normalized spacial score (nSPS) is 17.3. The number of ether oxygens (including phenoxy) is 1. The number of likely N-dealkylation sites (tertiary alicyclic amines) is 1. The Morgan fingerprint density at radius 1 is 0.943 bits per heavy atom. The van der Waals surface area contributed by atoms with Crippen LogP contribution in [0.25, 0.3) is 5.76 Å². The Labute approximate surface area is 206 Å². The van der Waals surface area contributed by atoms with Crippen molar-refractivity contribution in [1.29, 1.82) is 0 Å². The molecule has 0 aromatic heterocycles. The van der Waals surface area contributed by atoms with Crippen LogP contribution in [-0.4, -0.2) is 28.3 Å². The molecule has 0 bridgehead atoms. The van der Waals surface area contributed by atoms with E-state index in [1.54, 1.807) is 29.2 Å². The van der Waals surface area contributed by atoms with E-state index in [1.165, 1.54) is 0 Å². The second kappa shape index (κ2) is 10.6. The van der Waals surface area contributed by atoms with Gasteiger partial charge < -0.3 is 14.7 Å². The van der Waals surface area contributed by atoms with Gasteiger partial charge in [0, 0.05) is 12.1 Å². The largest absolute Gasteiger partial charge is 0.507 e. The maximum Gasteiger partial charge on any atom is 0.295 e. The van der Waals surface area contributed by atoms with Crippen molar-refractivity contribution >= 4 is 17.4 Å². The van der Waals surface area contributed by atoms with Gasteiger partial charge in [-0.05, 0) is 53.3 Å². The van der Waals surface area contributed by atoms with Crippen LogP contribution in [0.1, 0.15) is 61.4 Å². The minimum Gasteiger partial charge on any atom is -0.507 e. The molecular formula is C30H31NO4. The number of ketones is 1. The molecule has 0 aliphatic carbocycles. The van der Waals surface area contributed by atoms with Gasteiger partial charge in [-0.15, -0.1) is 0 Å². The van der Waals surface area contributed by atoms with E-state index in [4.69, 9.17) is 4.74 Å². The number of carbonyl (C=O) groups excluding carboxylic acids is 2. The van der Waals surface area contributed by atoms with E-state index in [2.05, 4.69) is 13.8 Å². The third-order valence-electron chi connectivity index (χ3n) is 6.26. The molecule has 1 N–H and O–H groups in total. The van der Waals surface area contributed by atoms with Crippen molar-refractivity contribution in [3.05, 3.63) is 107 Å². The van der Waals surface area contributed by atoms with E-state index in [9.17, 15) is 14.7 Å². The number of hydrogen-bond acceptors (Lipinski definition) is 4. The first-order chi connectivity index (χ1) is 16.9. The predicted molar refractivity (Wildman–Crippen MR) is 137 cm³/mol. The monoisotopic (exact) mass is 469 g/mol. The molecule has 1 unspecified atom stereocenters. The number of aliphatic hydroxyl groups is 1. The Bertz CT molecular complexity index is 1210. The van der Waals surface area contributed by atoms with Crippen LogP contribution in [0.5, 0.6) is 5.75 Å². The Morgan fingerprint density at radius 2 is 1.60 bits per heavy atom. The molecule has 3 aromatic rings. The van der Waals surface area contributed by atoms with Crippen molar-refractivity contribution in [3.8, 4) is 5.75 Å². The van der Waals surface area contributed by atoms with Gasteiger partial charge in [0.1, 0.15) is 11.5 Å². The lowest BCUT2D eigenvalue weighted by Crippen LogP contribution is -2.29. The number of aliphatic hydroxyl groups excluding tert-OH is 1. The second-order valence-electron chi connectivity index (χ2n) is 9.11. The van der Waals surface area contributed by atoms with Crippen LogP contribution in [-0.2, 0) is 16.1 Å². The summed E-state index contributed by atoms with van der Waals surface area (Å²) in [5, 5.41) is 11.3. The zero-order valence-corrected chi connectivity index (χ0v) is 20.4. The minimum atomic E-state index is -0.688. The molecule has 0 radical (unpaired) electrons. The molecule has 1 saturated heterocycles. The molecule has 1 fully saturated rings. The highest BCUT2D eigenvalue weighted by atomic mass is 16.5. The first kappa shape index (κ1) is 24.3. The number of nitrogens with zero attached hydrogens (tertiary/aromatic N) is 1. The van der Waals surface area contributed by atoms with Gasteiger partial charge in [-0.3, -0.25) is 9.59 Å². The first-order valence-corrected chi connectivity index (χ1v) is 12.1. The summed E-state index contributed by atoms with van der Waals surface area (Å²) in [6, 6.07) is 23.7.